The van der Waals surface area contributed by atoms with Gasteiger partial charge in [0.2, 0.25) is 0 Å². The molecule has 1 aromatic rings. The molecule has 0 fully saturated rings. The molecule has 0 heterocycles. The summed E-state index contributed by atoms with van der Waals surface area (Å²) < 4.78 is 47.2. The van der Waals surface area contributed by atoms with Crippen LogP contribution in [-0.2, 0) is 22.9 Å². The molecular formula is C8H8F3NOS. The first-order valence-electron chi connectivity index (χ1n) is 3.68. The summed E-state index contributed by atoms with van der Waals surface area (Å²) in [6.45, 7) is 0. The van der Waals surface area contributed by atoms with Crippen LogP contribution in [0, 0.1) is 0 Å². The van der Waals surface area contributed by atoms with Crippen molar-refractivity contribution in [1.82, 2.24) is 0 Å². The summed E-state index contributed by atoms with van der Waals surface area (Å²) in [5, 5.41) is 4.97. The van der Waals surface area contributed by atoms with Crippen LogP contribution in [0.5, 0.6) is 0 Å². The zero-order valence-electron chi connectivity index (χ0n) is 7.04. The van der Waals surface area contributed by atoms with E-state index in [9.17, 15) is 17.4 Å². The van der Waals surface area contributed by atoms with Crippen LogP contribution in [-0.4, -0.2) is 4.21 Å². The lowest BCUT2D eigenvalue weighted by Crippen LogP contribution is -2.08. The van der Waals surface area contributed by atoms with E-state index in [1.165, 1.54) is 12.1 Å². The SMILES string of the molecule is N[S@](=O)Cc1cccc(C(F)(F)F)c1. The van der Waals surface area contributed by atoms with Gasteiger partial charge in [0.15, 0.2) is 0 Å². The standard InChI is InChI=1S/C8H8F3NOS/c9-8(10,11)7-3-1-2-6(4-7)5-14(12)13/h1-4H,5,12H2/t14-/m1/s1. The summed E-state index contributed by atoms with van der Waals surface area (Å²) in [4.78, 5) is 0. The molecule has 1 rings (SSSR count). The summed E-state index contributed by atoms with van der Waals surface area (Å²) in [5.41, 5.74) is -0.430. The highest BCUT2D eigenvalue weighted by atomic mass is 32.2. The molecule has 1 atom stereocenters. The van der Waals surface area contributed by atoms with Crippen LogP contribution in [0.4, 0.5) is 13.2 Å². The van der Waals surface area contributed by atoms with Crippen molar-refractivity contribution in [3.05, 3.63) is 35.4 Å². The highest BCUT2D eigenvalue weighted by Crippen LogP contribution is 2.29. The van der Waals surface area contributed by atoms with Crippen LogP contribution in [0.2, 0.25) is 0 Å². The third-order valence-corrected chi connectivity index (χ3v) is 2.18. The molecule has 6 heteroatoms. The Bertz CT molecular complexity index is 351. The first-order chi connectivity index (χ1) is 6.39. The lowest BCUT2D eigenvalue weighted by atomic mass is 10.1. The largest absolute Gasteiger partial charge is 0.416 e. The van der Waals surface area contributed by atoms with Gasteiger partial charge in [0.05, 0.1) is 22.3 Å². The summed E-state index contributed by atoms with van der Waals surface area (Å²) in [6.07, 6.45) is -4.37. The number of nitrogens with two attached hydrogens (primary N) is 1. The molecule has 1 aromatic carbocycles. The fraction of sp³-hybridized carbons (Fsp3) is 0.250. The van der Waals surface area contributed by atoms with Crippen LogP contribution in [0.15, 0.2) is 24.3 Å². The average molecular weight is 223 g/mol. The van der Waals surface area contributed by atoms with Crippen molar-refractivity contribution in [2.45, 2.75) is 11.9 Å². The van der Waals surface area contributed by atoms with Crippen molar-refractivity contribution >= 4 is 11.0 Å². The molecule has 0 aliphatic rings. The quantitative estimate of drug-likeness (QED) is 0.816. The molecule has 0 saturated carbocycles. The second kappa shape index (κ2) is 4.10. The average Bonchev–Trinajstić information content (AvgIpc) is 2.01. The Hall–Kier alpha value is -0.880. The first-order valence-corrected chi connectivity index (χ1v) is 5.06. The monoisotopic (exact) mass is 223 g/mol. The maximum atomic E-state index is 12.2. The zero-order chi connectivity index (χ0) is 10.8. The Balaban J connectivity index is 2.95. The smallest absolute Gasteiger partial charge is 0.252 e. The van der Waals surface area contributed by atoms with Crippen molar-refractivity contribution in [2.75, 3.05) is 0 Å². The number of hydrogen-bond donors (Lipinski definition) is 1. The normalized spacial score (nSPS) is 14.0. The molecule has 0 aliphatic carbocycles. The molecule has 0 spiro atoms. The molecule has 0 amide bonds. The Morgan fingerprint density at radius 3 is 2.50 bits per heavy atom. The number of benzene rings is 1. The Kier molecular flexibility index (Phi) is 3.28. The fourth-order valence-electron chi connectivity index (χ4n) is 1.00. The maximum Gasteiger partial charge on any atom is 0.416 e. The maximum absolute atomic E-state index is 12.2. The number of halogens is 3. The first kappa shape index (κ1) is 11.2. The van der Waals surface area contributed by atoms with E-state index in [-0.39, 0.29) is 5.75 Å². The lowest BCUT2D eigenvalue weighted by molar-refractivity contribution is -0.137. The van der Waals surface area contributed by atoms with E-state index in [1.54, 1.807) is 0 Å². The minimum atomic E-state index is -4.37. The molecule has 0 aromatic heterocycles. The van der Waals surface area contributed by atoms with Gasteiger partial charge in [-0.3, -0.25) is 5.14 Å². The summed E-state index contributed by atoms with van der Waals surface area (Å²) in [6, 6.07) is 4.64. The molecule has 0 bridgehead atoms. The van der Waals surface area contributed by atoms with E-state index in [4.69, 9.17) is 5.14 Å². The number of hydrogen-bond acceptors (Lipinski definition) is 1. The van der Waals surface area contributed by atoms with E-state index in [2.05, 4.69) is 0 Å². The van der Waals surface area contributed by atoms with Gasteiger partial charge in [-0.05, 0) is 11.6 Å². The number of alkyl halides is 3. The minimum absolute atomic E-state index is 0.0656. The third-order valence-electron chi connectivity index (χ3n) is 1.56. The van der Waals surface area contributed by atoms with Gasteiger partial charge in [-0.1, -0.05) is 18.2 Å². The Morgan fingerprint density at radius 2 is 2.00 bits per heavy atom. The van der Waals surface area contributed by atoms with Gasteiger partial charge in [-0.25, -0.2) is 4.21 Å². The van der Waals surface area contributed by atoms with Crippen molar-refractivity contribution in [2.24, 2.45) is 5.14 Å². The van der Waals surface area contributed by atoms with Crippen LogP contribution in [0.25, 0.3) is 0 Å². The van der Waals surface area contributed by atoms with Gasteiger partial charge >= 0.3 is 6.18 Å². The summed E-state index contributed by atoms with van der Waals surface area (Å²) in [5.74, 6) is -0.0656. The van der Waals surface area contributed by atoms with Crippen molar-refractivity contribution in [3.8, 4) is 0 Å². The molecule has 2 nitrogen and oxygen atoms in total. The van der Waals surface area contributed by atoms with E-state index in [0.717, 1.165) is 12.1 Å². The van der Waals surface area contributed by atoms with Crippen molar-refractivity contribution < 1.29 is 17.4 Å². The van der Waals surface area contributed by atoms with E-state index in [1.807, 2.05) is 0 Å². The fourth-order valence-corrected chi connectivity index (χ4v) is 1.51. The van der Waals surface area contributed by atoms with E-state index < -0.39 is 22.7 Å². The van der Waals surface area contributed by atoms with Crippen LogP contribution < -0.4 is 5.14 Å². The third kappa shape index (κ3) is 3.12. The molecule has 0 saturated heterocycles. The molecule has 2 N–H and O–H groups in total. The second-order valence-corrected chi connectivity index (χ2v) is 3.77. The summed E-state index contributed by atoms with van der Waals surface area (Å²) >= 11 is 0. The van der Waals surface area contributed by atoms with E-state index >= 15 is 0 Å². The van der Waals surface area contributed by atoms with Gasteiger partial charge in [0.1, 0.15) is 0 Å². The predicted octanol–water partition coefficient (Wildman–Crippen LogP) is 1.83. The predicted molar refractivity (Wildman–Crippen MR) is 47.5 cm³/mol. The van der Waals surface area contributed by atoms with Gasteiger partial charge in [-0.15, -0.1) is 0 Å². The zero-order valence-corrected chi connectivity index (χ0v) is 7.86. The van der Waals surface area contributed by atoms with Gasteiger partial charge in [0, 0.05) is 0 Å². The highest BCUT2D eigenvalue weighted by Gasteiger charge is 2.30. The highest BCUT2D eigenvalue weighted by molar-refractivity contribution is 7.81. The minimum Gasteiger partial charge on any atom is -0.252 e. The van der Waals surface area contributed by atoms with Crippen LogP contribution in [0.1, 0.15) is 11.1 Å². The molecule has 78 valence electrons. The van der Waals surface area contributed by atoms with Gasteiger partial charge in [-0.2, -0.15) is 13.2 Å². The lowest BCUT2D eigenvalue weighted by Gasteiger charge is -2.07. The van der Waals surface area contributed by atoms with E-state index in [0.29, 0.717) is 5.56 Å². The summed E-state index contributed by atoms with van der Waals surface area (Å²) in [7, 11) is -1.62. The second-order valence-electron chi connectivity index (χ2n) is 2.72. The van der Waals surface area contributed by atoms with Crippen molar-refractivity contribution in [3.63, 3.8) is 0 Å². The Morgan fingerprint density at radius 1 is 1.36 bits per heavy atom. The number of rotatable bonds is 2. The van der Waals surface area contributed by atoms with Crippen LogP contribution in [0.3, 0.4) is 0 Å². The molecular weight excluding hydrogens is 215 g/mol. The Labute approximate surface area is 81.5 Å². The van der Waals surface area contributed by atoms with Gasteiger partial charge in [0.25, 0.3) is 0 Å². The molecule has 14 heavy (non-hydrogen) atoms. The molecule has 0 radical (unpaired) electrons. The molecule has 0 aliphatic heterocycles. The van der Waals surface area contributed by atoms with Crippen molar-refractivity contribution in [1.29, 1.82) is 0 Å². The topological polar surface area (TPSA) is 43.1 Å². The van der Waals surface area contributed by atoms with Gasteiger partial charge < -0.3 is 0 Å². The molecule has 0 unspecified atom stereocenters. The van der Waals surface area contributed by atoms with Crippen LogP contribution >= 0.6 is 0 Å².